The van der Waals surface area contributed by atoms with Crippen molar-refractivity contribution in [3.8, 4) is 0 Å². The molecule has 7 nitrogen and oxygen atoms in total. The normalized spacial score (nSPS) is 21.9. The average Bonchev–Trinajstić information content (AvgIpc) is 3.25. The molecule has 3 aliphatic heterocycles. The molecule has 1 aromatic heterocycles. The summed E-state index contributed by atoms with van der Waals surface area (Å²) in [6.07, 6.45) is 8.28. The van der Waals surface area contributed by atoms with E-state index in [0.717, 1.165) is 43.6 Å². The number of nitrogens with one attached hydrogen (secondary N) is 3. The van der Waals surface area contributed by atoms with Crippen LogP contribution in [0, 0.1) is 18.7 Å². The maximum atomic E-state index is 15.0. The fourth-order valence-corrected chi connectivity index (χ4v) is 5.82. The maximum Gasteiger partial charge on any atom is 0.195 e. The summed E-state index contributed by atoms with van der Waals surface area (Å²) in [6.45, 7) is 13.6. The number of nitrogens with zero attached hydrogens (tertiary/aromatic N) is 4. The second kappa shape index (κ2) is 10.9. The van der Waals surface area contributed by atoms with E-state index in [9.17, 15) is 4.39 Å². The second-order valence-corrected chi connectivity index (χ2v) is 10.9. The van der Waals surface area contributed by atoms with Crippen LogP contribution < -0.4 is 16.0 Å². The Labute approximate surface area is 223 Å². The van der Waals surface area contributed by atoms with Gasteiger partial charge in [-0.3, -0.25) is 4.90 Å². The van der Waals surface area contributed by atoms with Crippen molar-refractivity contribution in [3.05, 3.63) is 58.7 Å². The molecule has 1 fully saturated rings. The molecule has 0 saturated carbocycles. The molecule has 1 aromatic carbocycles. The number of imidazole rings is 1. The number of hydrogen-bond acceptors (Lipinski definition) is 6. The van der Waals surface area contributed by atoms with Gasteiger partial charge in [-0.1, -0.05) is 32.8 Å². The zero-order chi connectivity index (χ0) is 27.0. The van der Waals surface area contributed by atoms with Crippen LogP contribution in [-0.2, 0) is 0 Å². The van der Waals surface area contributed by atoms with Crippen molar-refractivity contribution in [3.63, 3.8) is 0 Å². The molecule has 9 heteroatoms. The van der Waals surface area contributed by atoms with Gasteiger partial charge in [0.15, 0.2) is 17.9 Å². The average molecular weight is 524 g/mol. The van der Waals surface area contributed by atoms with Gasteiger partial charge in [0, 0.05) is 31.2 Å². The number of aromatic nitrogens is 2. The number of aryl methyl sites for hydroxylation is 1. The minimum Gasteiger partial charge on any atom is -0.365 e. The third kappa shape index (κ3) is 5.21. The smallest absolute Gasteiger partial charge is 0.195 e. The van der Waals surface area contributed by atoms with Gasteiger partial charge in [-0.25, -0.2) is 18.8 Å². The summed E-state index contributed by atoms with van der Waals surface area (Å²) in [6, 6.07) is 3.49. The van der Waals surface area contributed by atoms with Crippen LogP contribution in [0.2, 0.25) is 0 Å². The number of halogens is 2. The lowest BCUT2D eigenvalue weighted by Crippen LogP contribution is -2.51. The molecule has 3 aliphatic rings. The molecular weight excluding hydrogens is 484 g/mol. The minimum absolute atomic E-state index is 0.0950. The molecule has 4 heterocycles. The van der Waals surface area contributed by atoms with Gasteiger partial charge in [-0.2, -0.15) is 0 Å². The summed E-state index contributed by atoms with van der Waals surface area (Å²) in [7, 11) is 0. The van der Waals surface area contributed by atoms with E-state index in [1.54, 1.807) is 6.07 Å². The first-order chi connectivity index (χ1) is 18.3. The van der Waals surface area contributed by atoms with Crippen LogP contribution in [0.1, 0.15) is 64.4 Å². The fraction of sp³-hybridized carbons (Fsp3) is 0.517. The van der Waals surface area contributed by atoms with E-state index < -0.39 is 17.9 Å². The Balaban J connectivity index is 1.30. The van der Waals surface area contributed by atoms with Gasteiger partial charge >= 0.3 is 0 Å². The summed E-state index contributed by atoms with van der Waals surface area (Å²) in [5.41, 5.74) is 2.96. The van der Waals surface area contributed by atoms with E-state index >= 15 is 4.39 Å². The molecular formula is C29H39F2N7. The van der Waals surface area contributed by atoms with E-state index in [0.29, 0.717) is 16.6 Å². The van der Waals surface area contributed by atoms with Crippen LogP contribution in [0.3, 0.4) is 0 Å². The van der Waals surface area contributed by atoms with Gasteiger partial charge in [0.25, 0.3) is 0 Å². The minimum atomic E-state index is -0.594. The number of likely N-dealkylation sites (tertiary alicyclic amines) is 1. The van der Waals surface area contributed by atoms with Crippen LogP contribution in [-0.4, -0.2) is 52.6 Å². The number of rotatable bonds is 8. The zero-order valence-electron chi connectivity index (χ0n) is 23.0. The highest BCUT2D eigenvalue weighted by Gasteiger charge is 2.28. The highest BCUT2D eigenvalue weighted by atomic mass is 19.1. The van der Waals surface area contributed by atoms with Crippen LogP contribution in [0.15, 0.2) is 46.5 Å². The molecule has 0 bridgehead atoms. The van der Waals surface area contributed by atoms with E-state index in [-0.39, 0.29) is 17.8 Å². The Morgan fingerprint density at radius 2 is 1.92 bits per heavy atom. The van der Waals surface area contributed by atoms with E-state index in [2.05, 4.69) is 50.8 Å². The standard InChI is InChI=1S/C29H39F2N7/c1-6-19(7-2)15-37-11-10-24-20(16-37)8-9-26(34-24)35-29-32-14-23(31)27(36-29)21-12-22(30)28-25(13-21)38(17(3)4)18(5)33-28/h8-9,12-14,17,19,24,29,34-36H,6-7,10-11,15-16H2,1-5H3. The summed E-state index contributed by atoms with van der Waals surface area (Å²) < 4.78 is 31.9. The highest BCUT2D eigenvalue weighted by Crippen LogP contribution is 2.29. The predicted molar refractivity (Wildman–Crippen MR) is 150 cm³/mol. The SMILES string of the molecule is CCC(CC)CN1CCC2NC(NC3N=CC(F)=C(c4cc(F)c5nc(C)n(C(C)C)c5c4)N3)=CC=C2C1. The molecule has 5 rings (SSSR count). The summed E-state index contributed by atoms with van der Waals surface area (Å²) in [5.74, 6) is 1.30. The molecule has 3 N–H and O–H groups in total. The number of allylic oxidation sites excluding steroid dienone is 3. The van der Waals surface area contributed by atoms with Crippen molar-refractivity contribution in [2.45, 2.75) is 72.3 Å². The van der Waals surface area contributed by atoms with Crippen molar-refractivity contribution in [2.24, 2.45) is 10.9 Å². The predicted octanol–water partition coefficient (Wildman–Crippen LogP) is 5.13. The third-order valence-electron chi connectivity index (χ3n) is 7.93. The number of dihydropyridines is 1. The van der Waals surface area contributed by atoms with Gasteiger partial charge in [0.05, 0.1) is 23.5 Å². The van der Waals surface area contributed by atoms with Crippen molar-refractivity contribution in [1.29, 1.82) is 0 Å². The molecule has 2 aromatic rings. The molecule has 0 amide bonds. The lowest BCUT2D eigenvalue weighted by molar-refractivity contribution is 0.203. The topological polar surface area (TPSA) is 69.5 Å². The number of benzene rings is 1. The summed E-state index contributed by atoms with van der Waals surface area (Å²) in [4.78, 5) is 11.2. The van der Waals surface area contributed by atoms with Gasteiger partial charge in [-0.15, -0.1) is 0 Å². The van der Waals surface area contributed by atoms with Crippen molar-refractivity contribution in [2.75, 3.05) is 19.6 Å². The summed E-state index contributed by atoms with van der Waals surface area (Å²) >= 11 is 0. The molecule has 2 atom stereocenters. The first-order valence-electron chi connectivity index (χ1n) is 13.8. The fourth-order valence-electron chi connectivity index (χ4n) is 5.82. The second-order valence-electron chi connectivity index (χ2n) is 10.9. The Morgan fingerprint density at radius 1 is 1.13 bits per heavy atom. The van der Waals surface area contributed by atoms with Crippen LogP contribution in [0.25, 0.3) is 16.7 Å². The molecule has 38 heavy (non-hydrogen) atoms. The van der Waals surface area contributed by atoms with Gasteiger partial charge in [-0.05, 0) is 56.9 Å². The van der Waals surface area contributed by atoms with Crippen LogP contribution in [0.4, 0.5) is 8.78 Å². The third-order valence-corrected chi connectivity index (χ3v) is 7.93. The number of fused-ring (bicyclic) bond motifs is 2. The molecule has 1 saturated heterocycles. The Bertz CT molecular complexity index is 1320. The van der Waals surface area contributed by atoms with E-state index in [1.807, 2.05) is 31.4 Å². The van der Waals surface area contributed by atoms with E-state index in [4.69, 9.17) is 0 Å². The van der Waals surface area contributed by atoms with Crippen LogP contribution >= 0.6 is 0 Å². The first-order valence-corrected chi connectivity index (χ1v) is 13.8. The molecule has 0 aliphatic carbocycles. The Morgan fingerprint density at radius 3 is 2.66 bits per heavy atom. The first kappa shape index (κ1) is 26.4. The van der Waals surface area contributed by atoms with E-state index in [1.165, 1.54) is 30.7 Å². The van der Waals surface area contributed by atoms with Gasteiger partial charge in [0.2, 0.25) is 0 Å². The van der Waals surface area contributed by atoms with Gasteiger partial charge in [0.1, 0.15) is 17.2 Å². The number of aliphatic imine (C=N–C) groups is 1. The lowest BCUT2D eigenvalue weighted by Gasteiger charge is -2.39. The molecule has 0 radical (unpaired) electrons. The maximum absolute atomic E-state index is 15.0. The quantitative estimate of drug-likeness (QED) is 0.448. The number of hydrogen-bond donors (Lipinski definition) is 3. The monoisotopic (exact) mass is 523 g/mol. The number of piperidine rings is 1. The van der Waals surface area contributed by atoms with Crippen molar-refractivity contribution < 1.29 is 8.78 Å². The molecule has 204 valence electrons. The molecule has 2 unspecified atom stereocenters. The van der Waals surface area contributed by atoms with Crippen molar-refractivity contribution >= 4 is 22.9 Å². The van der Waals surface area contributed by atoms with Gasteiger partial charge < -0.3 is 20.5 Å². The molecule has 0 spiro atoms. The van der Waals surface area contributed by atoms with Crippen molar-refractivity contribution in [1.82, 2.24) is 30.4 Å². The Hall–Kier alpha value is -3.20. The summed E-state index contributed by atoms with van der Waals surface area (Å²) in [5, 5.41) is 10.0. The Kier molecular flexibility index (Phi) is 7.56. The zero-order valence-corrected chi connectivity index (χ0v) is 23.0. The lowest BCUT2D eigenvalue weighted by atomic mass is 9.94. The highest BCUT2D eigenvalue weighted by molar-refractivity contribution is 5.91. The largest absolute Gasteiger partial charge is 0.365 e. The van der Waals surface area contributed by atoms with Crippen LogP contribution in [0.5, 0.6) is 0 Å².